The maximum absolute atomic E-state index is 12.2. The van der Waals surface area contributed by atoms with Gasteiger partial charge in [-0.05, 0) is 30.3 Å². The summed E-state index contributed by atoms with van der Waals surface area (Å²) in [5.41, 5.74) is 1.73. The lowest BCUT2D eigenvalue weighted by Gasteiger charge is -2.24. The molecule has 0 amide bonds. The molecule has 0 unspecified atom stereocenters. The predicted octanol–water partition coefficient (Wildman–Crippen LogP) is 0.600. The average Bonchev–Trinajstić information content (AvgIpc) is 3.31. The average molecular weight is 376 g/mol. The Morgan fingerprint density at radius 1 is 1.42 bits per heavy atom. The van der Waals surface area contributed by atoms with Gasteiger partial charge in [-0.3, -0.25) is 19.5 Å². The van der Waals surface area contributed by atoms with Crippen molar-refractivity contribution in [3.05, 3.63) is 45.8 Å². The minimum absolute atomic E-state index is 0.0194. The van der Waals surface area contributed by atoms with E-state index < -0.39 is 0 Å². The number of aromatic amines is 1. The second-order valence-electron chi connectivity index (χ2n) is 6.26. The van der Waals surface area contributed by atoms with Crippen molar-refractivity contribution in [3.8, 4) is 0 Å². The Hall–Kier alpha value is -2.30. The minimum atomic E-state index is -0.0542. The van der Waals surface area contributed by atoms with Crippen molar-refractivity contribution >= 4 is 11.8 Å². The van der Waals surface area contributed by atoms with E-state index in [1.165, 1.54) is 16.4 Å². The second kappa shape index (κ2) is 7.14. The second-order valence-corrected chi connectivity index (χ2v) is 7.23. The smallest absolute Gasteiger partial charge is 0.270 e. The zero-order valence-electron chi connectivity index (χ0n) is 14.4. The standard InChI is InChI=1S/C16H20N6O3S/c1-20-10-17-18-16(20)26-14-3-2-11(25-14)8-21-5-4-12-13(9-21)19-22(6-7-23)15(12)24/h2-3,10,19,23H,4-9H2,1H3. The number of hydrogen-bond donors (Lipinski definition) is 2. The molecule has 9 nitrogen and oxygen atoms in total. The first-order chi connectivity index (χ1) is 12.6. The summed E-state index contributed by atoms with van der Waals surface area (Å²) in [6, 6.07) is 3.90. The number of nitrogens with one attached hydrogen (secondary N) is 1. The molecule has 26 heavy (non-hydrogen) atoms. The predicted molar refractivity (Wildman–Crippen MR) is 93.8 cm³/mol. The molecule has 0 saturated carbocycles. The fourth-order valence-corrected chi connectivity index (χ4v) is 3.84. The van der Waals surface area contributed by atoms with Crippen LogP contribution in [-0.2, 0) is 33.1 Å². The van der Waals surface area contributed by atoms with Gasteiger partial charge in [-0.1, -0.05) is 0 Å². The van der Waals surface area contributed by atoms with E-state index in [9.17, 15) is 4.79 Å². The zero-order valence-corrected chi connectivity index (χ0v) is 15.2. The van der Waals surface area contributed by atoms with E-state index in [0.717, 1.165) is 33.8 Å². The number of H-pyrrole nitrogens is 1. The molecule has 0 fully saturated rings. The maximum Gasteiger partial charge on any atom is 0.270 e. The molecular formula is C16H20N6O3S. The molecule has 0 bridgehead atoms. The highest BCUT2D eigenvalue weighted by Crippen LogP contribution is 2.28. The Kier molecular flexibility index (Phi) is 4.70. The molecule has 0 radical (unpaired) electrons. The monoisotopic (exact) mass is 376 g/mol. The number of nitrogens with zero attached hydrogens (tertiary/aromatic N) is 5. The highest BCUT2D eigenvalue weighted by Gasteiger charge is 2.23. The van der Waals surface area contributed by atoms with Gasteiger partial charge in [-0.2, -0.15) is 0 Å². The van der Waals surface area contributed by atoms with Crippen LogP contribution >= 0.6 is 11.8 Å². The molecule has 0 spiro atoms. The number of hydrogen-bond acceptors (Lipinski definition) is 7. The summed E-state index contributed by atoms with van der Waals surface area (Å²) in [7, 11) is 1.89. The normalized spacial score (nSPS) is 14.7. The van der Waals surface area contributed by atoms with Gasteiger partial charge in [0.2, 0.25) is 0 Å². The van der Waals surface area contributed by atoms with Crippen LogP contribution in [0.25, 0.3) is 0 Å². The molecule has 3 aromatic rings. The van der Waals surface area contributed by atoms with E-state index in [1.54, 1.807) is 6.33 Å². The van der Waals surface area contributed by atoms with Crippen LogP contribution in [-0.4, -0.2) is 47.7 Å². The summed E-state index contributed by atoms with van der Waals surface area (Å²) in [4.78, 5) is 14.5. The van der Waals surface area contributed by atoms with Crippen molar-refractivity contribution in [2.75, 3.05) is 13.2 Å². The van der Waals surface area contributed by atoms with E-state index in [2.05, 4.69) is 20.2 Å². The fraction of sp³-hybridized carbons (Fsp3) is 0.438. The number of rotatable bonds is 6. The number of aryl methyl sites for hydroxylation is 1. The fourth-order valence-electron chi connectivity index (χ4n) is 3.10. The molecule has 1 aliphatic rings. The van der Waals surface area contributed by atoms with E-state index in [1.807, 2.05) is 23.7 Å². The Labute approximate surface area is 153 Å². The van der Waals surface area contributed by atoms with Crippen LogP contribution in [0.4, 0.5) is 0 Å². The summed E-state index contributed by atoms with van der Waals surface area (Å²) < 4.78 is 9.22. The lowest BCUT2D eigenvalue weighted by atomic mass is 10.1. The van der Waals surface area contributed by atoms with Gasteiger partial charge >= 0.3 is 0 Å². The first kappa shape index (κ1) is 17.1. The molecule has 4 heterocycles. The molecule has 0 aliphatic carbocycles. The SMILES string of the molecule is Cn1cnnc1Sc1ccc(CN2CCc3c([nH]n(CCO)c3=O)C2)o1. The zero-order chi connectivity index (χ0) is 18.1. The molecule has 0 saturated heterocycles. The topological polar surface area (TPSA) is 105 Å². The van der Waals surface area contributed by atoms with Crippen molar-refractivity contribution < 1.29 is 9.52 Å². The van der Waals surface area contributed by atoms with Gasteiger partial charge in [0.05, 0.1) is 25.4 Å². The first-order valence-electron chi connectivity index (χ1n) is 8.38. The van der Waals surface area contributed by atoms with Crippen LogP contribution in [0, 0.1) is 0 Å². The van der Waals surface area contributed by atoms with Crippen LogP contribution in [0.3, 0.4) is 0 Å². The number of fused-ring (bicyclic) bond motifs is 1. The Balaban J connectivity index is 1.42. The third-order valence-electron chi connectivity index (χ3n) is 4.40. The summed E-state index contributed by atoms with van der Waals surface area (Å²) in [6.45, 7) is 2.38. The minimum Gasteiger partial charge on any atom is -0.453 e. The van der Waals surface area contributed by atoms with Crippen LogP contribution < -0.4 is 5.56 Å². The molecule has 0 aromatic carbocycles. The van der Waals surface area contributed by atoms with Gasteiger partial charge < -0.3 is 14.1 Å². The summed E-state index contributed by atoms with van der Waals surface area (Å²) in [6.07, 6.45) is 2.35. The lowest BCUT2D eigenvalue weighted by molar-refractivity contribution is 0.217. The Bertz CT molecular complexity index is 955. The third kappa shape index (κ3) is 3.35. The Morgan fingerprint density at radius 3 is 3.08 bits per heavy atom. The lowest BCUT2D eigenvalue weighted by Crippen LogP contribution is -2.31. The van der Waals surface area contributed by atoms with E-state index >= 15 is 0 Å². The number of aliphatic hydroxyl groups is 1. The molecule has 10 heteroatoms. The molecular weight excluding hydrogens is 356 g/mol. The van der Waals surface area contributed by atoms with Gasteiger partial charge in [0.1, 0.15) is 12.1 Å². The van der Waals surface area contributed by atoms with E-state index in [0.29, 0.717) is 26.1 Å². The van der Waals surface area contributed by atoms with Crippen LogP contribution in [0.2, 0.25) is 0 Å². The van der Waals surface area contributed by atoms with Crippen LogP contribution in [0.15, 0.2) is 37.9 Å². The van der Waals surface area contributed by atoms with Gasteiger partial charge in [-0.25, -0.2) is 0 Å². The molecule has 138 valence electrons. The van der Waals surface area contributed by atoms with Gasteiger partial charge in [0, 0.05) is 25.7 Å². The molecule has 1 aliphatic heterocycles. The van der Waals surface area contributed by atoms with Crippen LogP contribution in [0.1, 0.15) is 17.0 Å². The summed E-state index contributed by atoms with van der Waals surface area (Å²) >= 11 is 1.43. The van der Waals surface area contributed by atoms with Crippen molar-refractivity contribution in [2.24, 2.45) is 7.05 Å². The van der Waals surface area contributed by atoms with E-state index in [4.69, 9.17) is 9.52 Å². The van der Waals surface area contributed by atoms with Crippen molar-refractivity contribution in [2.45, 2.75) is 36.3 Å². The molecule has 4 rings (SSSR count). The highest BCUT2D eigenvalue weighted by atomic mass is 32.2. The maximum atomic E-state index is 12.2. The molecule has 2 N–H and O–H groups in total. The number of aromatic nitrogens is 5. The summed E-state index contributed by atoms with van der Waals surface area (Å²) in [5, 5.41) is 21.6. The molecule has 0 atom stereocenters. The van der Waals surface area contributed by atoms with Crippen molar-refractivity contribution in [1.29, 1.82) is 0 Å². The van der Waals surface area contributed by atoms with Gasteiger partial charge in [0.15, 0.2) is 10.2 Å². The number of furan rings is 1. The van der Waals surface area contributed by atoms with Crippen LogP contribution in [0.5, 0.6) is 0 Å². The third-order valence-corrected chi connectivity index (χ3v) is 5.37. The number of aliphatic hydroxyl groups excluding tert-OH is 1. The van der Waals surface area contributed by atoms with Gasteiger partial charge in [0.25, 0.3) is 5.56 Å². The van der Waals surface area contributed by atoms with E-state index in [-0.39, 0.29) is 12.2 Å². The summed E-state index contributed by atoms with van der Waals surface area (Å²) in [5.74, 6) is 0.871. The first-order valence-corrected chi connectivity index (χ1v) is 9.20. The van der Waals surface area contributed by atoms with Crippen molar-refractivity contribution in [1.82, 2.24) is 29.4 Å². The largest absolute Gasteiger partial charge is 0.453 e. The van der Waals surface area contributed by atoms with Gasteiger partial charge in [-0.15, -0.1) is 10.2 Å². The molecule has 3 aromatic heterocycles. The quantitative estimate of drug-likeness (QED) is 0.649. The Morgan fingerprint density at radius 2 is 2.31 bits per heavy atom. The van der Waals surface area contributed by atoms with Crippen molar-refractivity contribution in [3.63, 3.8) is 0 Å². The highest BCUT2D eigenvalue weighted by molar-refractivity contribution is 7.99.